The van der Waals surface area contributed by atoms with Crippen LogP contribution < -0.4 is 4.74 Å². The molecule has 1 N–H and O–H groups in total. The lowest BCUT2D eigenvalue weighted by molar-refractivity contribution is -0.139. The zero-order valence-electron chi connectivity index (χ0n) is 13.5. The first-order chi connectivity index (χ1) is 11.5. The molecule has 130 valence electrons. The molecule has 2 fully saturated rings. The summed E-state index contributed by atoms with van der Waals surface area (Å²) < 4.78 is 18.4. The number of ether oxygens (including phenoxy) is 1. The van der Waals surface area contributed by atoms with Crippen LogP contribution in [0.25, 0.3) is 0 Å². The van der Waals surface area contributed by atoms with Crippen molar-refractivity contribution in [3.8, 4) is 5.75 Å². The van der Waals surface area contributed by atoms with Crippen LogP contribution in [0, 0.1) is 17.2 Å². The maximum absolute atomic E-state index is 13.0. The molecule has 1 aliphatic heterocycles. The number of carboxylic acid groups (broad SMARTS) is 1. The Morgan fingerprint density at radius 2 is 2.08 bits per heavy atom. The van der Waals surface area contributed by atoms with Crippen LogP contribution in [0.2, 0.25) is 0 Å². The fourth-order valence-corrected chi connectivity index (χ4v) is 3.58. The second-order valence-corrected chi connectivity index (χ2v) is 6.75. The van der Waals surface area contributed by atoms with Gasteiger partial charge < -0.3 is 14.7 Å². The van der Waals surface area contributed by atoms with E-state index in [1.807, 2.05) is 4.90 Å². The molecule has 24 heavy (non-hydrogen) atoms. The predicted octanol–water partition coefficient (Wildman–Crippen LogP) is 2.70. The second kappa shape index (κ2) is 6.79. The highest BCUT2D eigenvalue weighted by Crippen LogP contribution is 2.59. The highest BCUT2D eigenvalue weighted by Gasteiger charge is 2.59. The molecule has 1 heterocycles. The first-order valence-corrected chi connectivity index (χ1v) is 8.39. The minimum Gasteiger partial charge on any atom is -0.493 e. The van der Waals surface area contributed by atoms with Gasteiger partial charge in [0, 0.05) is 25.6 Å². The summed E-state index contributed by atoms with van der Waals surface area (Å²) >= 11 is 0. The fraction of sp³-hybridized carbons (Fsp3) is 0.556. The van der Waals surface area contributed by atoms with Crippen molar-refractivity contribution in [2.75, 3.05) is 19.7 Å². The summed E-state index contributed by atoms with van der Waals surface area (Å²) in [6.45, 7) is 1.66. The molecule has 1 amide bonds. The molecule has 1 aromatic rings. The molecule has 1 saturated heterocycles. The first-order valence-electron chi connectivity index (χ1n) is 8.39. The molecular formula is C18H22FNO4. The Labute approximate surface area is 140 Å². The Kier molecular flexibility index (Phi) is 4.73. The summed E-state index contributed by atoms with van der Waals surface area (Å²) in [7, 11) is 0. The van der Waals surface area contributed by atoms with Gasteiger partial charge in [-0.1, -0.05) is 6.07 Å². The highest BCUT2D eigenvalue weighted by molar-refractivity contribution is 5.77. The molecule has 0 radical (unpaired) electrons. The average Bonchev–Trinajstić information content (AvgIpc) is 3.26. The molecule has 0 aromatic heterocycles. The predicted molar refractivity (Wildman–Crippen MR) is 85.1 cm³/mol. The van der Waals surface area contributed by atoms with Crippen LogP contribution in [-0.4, -0.2) is 41.6 Å². The lowest BCUT2D eigenvalue weighted by Crippen LogP contribution is -2.40. The van der Waals surface area contributed by atoms with Crippen molar-refractivity contribution in [1.82, 2.24) is 4.90 Å². The van der Waals surface area contributed by atoms with E-state index in [1.54, 1.807) is 12.1 Å². The van der Waals surface area contributed by atoms with E-state index in [0.29, 0.717) is 38.3 Å². The molecule has 0 unspecified atom stereocenters. The normalized spacial score (nSPS) is 21.5. The third kappa shape index (κ3) is 3.68. The molecule has 1 atom stereocenters. The van der Waals surface area contributed by atoms with E-state index in [-0.39, 0.29) is 23.1 Å². The van der Waals surface area contributed by atoms with Crippen molar-refractivity contribution in [3.63, 3.8) is 0 Å². The molecule has 1 aromatic carbocycles. The van der Waals surface area contributed by atoms with Crippen molar-refractivity contribution in [2.24, 2.45) is 11.3 Å². The van der Waals surface area contributed by atoms with Crippen molar-refractivity contribution in [2.45, 2.75) is 32.1 Å². The van der Waals surface area contributed by atoms with Gasteiger partial charge in [-0.15, -0.1) is 0 Å². The van der Waals surface area contributed by atoms with Crippen LogP contribution in [-0.2, 0) is 9.59 Å². The molecule has 1 saturated carbocycles. The summed E-state index contributed by atoms with van der Waals surface area (Å²) in [5, 5.41) is 9.08. The van der Waals surface area contributed by atoms with Crippen LogP contribution in [0.1, 0.15) is 32.1 Å². The van der Waals surface area contributed by atoms with Gasteiger partial charge in [-0.05, 0) is 43.2 Å². The number of aliphatic carboxylic acids is 1. The standard InChI is InChI=1S/C18H22FNO4/c19-13-3-1-4-14(11-13)24-10-2-5-16(21)20-8-6-18(7-9-20)12-15(18)17(22)23/h1,3-4,11,15H,2,5-10,12H2,(H,22,23)/t15-/m1/s1. The molecule has 2 aliphatic rings. The number of amides is 1. The van der Waals surface area contributed by atoms with Crippen LogP contribution >= 0.6 is 0 Å². The van der Waals surface area contributed by atoms with Gasteiger partial charge in [0.15, 0.2) is 0 Å². The quantitative estimate of drug-likeness (QED) is 0.812. The van der Waals surface area contributed by atoms with Crippen LogP contribution in [0.15, 0.2) is 24.3 Å². The summed E-state index contributed by atoms with van der Waals surface area (Å²) in [5.74, 6) is -0.708. The summed E-state index contributed by atoms with van der Waals surface area (Å²) in [6, 6.07) is 5.94. The van der Waals surface area contributed by atoms with Gasteiger partial charge in [-0.2, -0.15) is 0 Å². The van der Waals surface area contributed by atoms with E-state index < -0.39 is 5.97 Å². The average molecular weight is 335 g/mol. The lowest BCUT2D eigenvalue weighted by Gasteiger charge is -2.32. The van der Waals surface area contributed by atoms with E-state index in [9.17, 15) is 14.0 Å². The third-order valence-corrected chi connectivity index (χ3v) is 5.20. The Hall–Kier alpha value is -2.11. The number of carbonyl (C=O) groups excluding carboxylic acids is 1. The summed E-state index contributed by atoms with van der Waals surface area (Å²) in [6.07, 6.45) is 3.30. The number of carbonyl (C=O) groups is 2. The minimum absolute atomic E-state index is 0.0525. The number of benzene rings is 1. The van der Waals surface area contributed by atoms with E-state index in [2.05, 4.69) is 0 Å². The molecule has 3 rings (SSSR count). The zero-order chi connectivity index (χ0) is 17.2. The molecule has 0 bridgehead atoms. The van der Waals surface area contributed by atoms with Crippen molar-refractivity contribution in [1.29, 1.82) is 0 Å². The highest BCUT2D eigenvalue weighted by atomic mass is 19.1. The zero-order valence-corrected chi connectivity index (χ0v) is 13.5. The van der Waals surface area contributed by atoms with Gasteiger partial charge in [0.05, 0.1) is 12.5 Å². The number of nitrogens with zero attached hydrogens (tertiary/aromatic N) is 1. The van der Waals surface area contributed by atoms with Crippen LogP contribution in [0.4, 0.5) is 4.39 Å². The SMILES string of the molecule is O=C(O)[C@H]1CC12CCN(C(=O)CCCOc1cccc(F)c1)CC2. The maximum Gasteiger partial charge on any atom is 0.307 e. The van der Waals surface area contributed by atoms with E-state index in [0.717, 1.165) is 19.3 Å². The first kappa shape index (κ1) is 16.7. The van der Waals surface area contributed by atoms with Crippen molar-refractivity contribution >= 4 is 11.9 Å². The molecule has 1 aliphatic carbocycles. The monoisotopic (exact) mass is 335 g/mol. The smallest absolute Gasteiger partial charge is 0.307 e. The number of hydrogen-bond acceptors (Lipinski definition) is 3. The Balaban J connectivity index is 1.35. The van der Waals surface area contributed by atoms with E-state index >= 15 is 0 Å². The number of halogens is 1. The van der Waals surface area contributed by atoms with Crippen LogP contribution in [0.3, 0.4) is 0 Å². The lowest BCUT2D eigenvalue weighted by atomic mass is 9.90. The van der Waals surface area contributed by atoms with Gasteiger partial charge >= 0.3 is 5.97 Å². The number of likely N-dealkylation sites (tertiary alicyclic amines) is 1. The molecular weight excluding hydrogens is 313 g/mol. The van der Waals surface area contributed by atoms with Crippen molar-refractivity contribution in [3.05, 3.63) is 30.1 Å². The summed E-state index contributed by atoms with van der Waals surface area (Å²) in [4.78, 5) is 25.1. The number of carboxylic acids is 1. The van der Waals surface area contributed by atoms with Gasteiger partial charge in [0.2, 0.25) is 5.91 Å². The fourth-order valence-electron chi connectivity index (χ4n) is 3.58. The van der Waals surface area contributed by atoms with Gasteiger partial charge in [0.25, 0.3) is 0 Å². The second-order valence-electron chi connectivity index (χ2n) is 6.75. The largest absolute Gasteiger partial charge is 0.493 e. The van der Waals surface area contributed by atoms with E-state index in [1.165, 1.54) is 12.1 Å². The van der Waals surface area contributed by atoms with Gasteiger partial charge in [-0.25, -0.2) is 4.39 Å². The number of hydrogen-bond donors (Lipinski definition) is 1. The van der Waals surface area contributed by atoms with Crippen LogP contribution in [0.5, 0.6) is 5.75 Å². The van der Waals surface area contributed by atoms with Crippen molar-refractivity contribution < 1.29 is 23.8 Å². The number of rotatable bonds is 6. The Morgan fingerprint density at radius 1 is 1.33 bits per heavy atom. The Morgan fingerprint density at radius 3 is 2.71 bits per heavy atom. The summed E-state index contributed by atoms with van der Waals surface area (Å²) in [5.41, 5.74) is -0.0525. The molecule has 6 heteroatoms. The Bertz CT molecular complexity index is 625. The topological polar surface area (TPSA) is 66.8 Å². The van der Waals surface area contributed by atoms with Gasteiger partial charge in [-0.3, -0.25) is 9.59 Å². The third-order valence-electron chi connectivity index (χ3n) is 5.20. The molecule has 1 spiro atoms. The van der Waals surface area contributed by atoms with Gasteiger partial charge in [0.1, 0.15) is 11.6 Å². The number of piperidine rings is 1. The maximum atomic E-state index is 13.0. The minimum atomic E-state index is -0.704. The van der Waals surface area contributed by atoms with E-state index in [4.69, 9.17) is 9.84 Å². The molecule has 5 nitrogen and oxygen atoms in total.